The number of rotatable bonds is 5. The molecule has 0 radical (unpaired) electrons. The number of hydrogen-bond donors (Lipinski definition) is 1. The van der Waals surface area contributed by atoms with Gasteiger partial charge in [0.1, 0.15) is 13.2 Å². The maximum Gasteiger partial charge on any atom is 0.237 e. The SMILES string of the molecule is C[C@@H](Sc1nnc(-c2ccncc2)n1C)C(=O)Nc1ccc2c(c1)OCCO2. The van der Waals surface area contributed by atoms with Crippen LogP contribution in [0, 0.1) is 0 Å². The van der Waals surface area contributed by atoms with E-state index in [0.29, 0.717) is 35.6 Å². The van der Waals surface area contributed by atoms with E-state index in [4.69, 9.17) is 9.47 Å². The first-order valence-electron chi connectivity index (χ1n) is 8.79. The molecule has 1 amide bonds. The van der Waals surface area contributed by atoms with Crippen molar-refractivity contribution in [2.45, 2.75) is 17.3 Å². The molecule has 1 atom stereocenters. The van der Waals surface area contributed by atoms with E-state index in [9.17, 15) is 4.79 Å². The number of anilines is 1. The minimum absolute atomic E-state index is 0.130. The lowest BCUT2D eigenvalue weighted by Crippen LogP contribution is -2.23. The second-order valence-corrected chi connectivity index (χ2v) is 7.52. The number of carbonyl (C=O) groups excluding carboxylic acids is 1. The minimum atomic E-state index is -0.360. The fraction of sp³-hybridized carbons (Fsp3) is 0.263. The van der Waals surface area contributed by atoms with Gasteiger partial charge in [0, 0.05) is 36.8 Å². The first kappa shape index (κ1) is 18.3. The molecule has 2 aromatic heterocycles. The summed E-state index contributed by atoms with van der Waals surface area (Å²) in [6, 6.07) is 9.11. The number of nitrogens with one attached hydrogen (secondary N) is 1. The van der Waals surface area contributed by atoms with Crippen LogP contribution in [0.4, 0.5) is 5.69 Å². The molecular weight excluding hydrogens is 378 g/mol. The first-order chi connectivity index (χ1) is 13.6. The molecule has 1 aliphatic heterocycles. The summed E-state index contributed by atoms with van der Waals surface area (Å²) in [6.07, 6.45) is 3.42. The molecule has 1 aliphatic rings. The van der Waals surface area contributed by atoms with Gasteiger partial charge >= 0.3 is 0 Å². The van der Waals surface area contributed by atoms with Crippen molar-refractivity contribution in [1.29, 1.82) is 0 Å². The van der Waals surface area contributed by atoms with E-state index < -0.39 is 0 Å². The van der Waals surface area contributed by atoms with Crippen molar-refractivity contribution in [2.24, 2.45) is 7.05 Å². The Balaban J connectivity index is 1.43. The number of carbonyl (C=O) groups is 1. The van der Waals surface area contributed by atoms with Gasteiger partial charge < -0.3 is 19.4 Å². The number of pyridine rings is 1. The summed E-state index contributed by atoms with van der Waals surface area (Å²) in [7, 11) is 1.88. The normalized spacial score (nSPS) is 13.8. The van der Waals surface area contributed by atoms with Gasteiger partial charge in [0.05, 0.1) is 5.25 Å². The highest BCUT2D eigenvalue weighted by Gasteiger charge is 2.20. The average molecular weight is 397 g/mol. The van der Waals surface area contributed by atoms with E-state index >= 15 is 0 Å². The Labute approximate surface area is 166 Å². The number of benzene rings is 1. The highest BCUT2D eigenvalue weighted by molar-refractivity contribution is 8.00. The van der Waals surface area contributed by atoms with Crippen LogP contribution in [0.15, 0.2) is 47.9 Å². The molecule has 3 heterocycles. The fourth-order valence-electron chi connectivity index (χ4n) is 2.75. The Bertz CT molecular complexity index is 992. The van der Waals surface area contributed by atoms with Crippen molar-refractivity contribution in [3.63, 3.8) is 0 Å². The Morgan fingerprint density at radius 1 is 1.14 bits per heavy atom. The Morgan fingerprint density at radius 2 is 1.89 bits per heavy atom. The lowest BCUT2D eigenvalue weighted by molar-refractivity contribution is -0.115. The van der Waals surface area contributed by atoms with Crippen LogP contribution in [0.25, 0.3) is 11.4 Å². The molecule has 9 heteroatoms. The number of thioether (sulfide) groups is 1. The molecule has 0 spiro atoms. The van der Waals surface area contributed by atoms with Gasteiger partial charge in [-0.1, -0.05) is 11.8 Å². The second kappa shape index (κ2) is 7.89. The van der Waals surface area contributed by atoms with Gasteiger partial charge in [-0.15, -0.1) is 10.2 Å². The van der Waals surface area contributed by atoms with Crippen LogP contribution in [0.3, 0.4) is 0 Å². The third-order valence-electron chi connectivity index (χ3n) is 4.23. The summed E-state index contributed by atoms with van der Waals surface area (Å²) in [5.41, 5.74) is 1.59. The number of ether oxygens (including phenoxy) is 2. The quantitative estimate of drug-likeness (QED) is 0.662. The number of hydrogen-bond acceptors (Lipinski definition) is 7. The molecule has 0 bridgehead atoms. The Kier molecular flexibility index (Phi) is 5.16. The van der Waals surface area contributed by atoms with E-state index in [1.807, 2.05) is 30.7 Å². The summed E-state index contributed by atoms with van der Waals surface area (Å²) >= 11 is 1.35. The smallest absolute Gasteiger partial charge is 0.237 e. The maximum atomic E-state index is 12.6. The van der Waals surface area contributed by atoms with Crippen LogP contribution >= 0.6 is 11.8 Å². The first-order valence-corrected chi connectivity index (χ1v) is 9.67. The van der Waals surface area contributed by atoms with Crippen molar-refractivity contribution in [2.75, 3.05) is 18.5 Å². The summed E-state index contributed by atoms with van der Waals surface area (Å²) in [6.45, 7) is 2.87. The zero-order chi connectivity index (χ0) is 19.5. The van der Waals surface area contributed by atoms with Crippen LogP contribution in [0.5, 0.6) is 11.5 Å². The molecule has 1 aromatic carbocycles. The number of aromatic nitrogens is 4. The minimum Gasteiger partial charge on any atom is -0.486 e. The molecule has 4 rings (SSSR count). The van der Waals surface area contributed by atoms with E-state index in [-0.39, 0.29) is 11.2 Å². The predicted molar refractivity (Wildman–Crippen MR) is 106 cm³/mol. The molecule has 0 aliphatic carbocycles. The largest absolute Gasteiger partial charge is 0.486 e. The predicted octanol–water partition coefficient (Wildman–Crippen LogP) is 2.77. The van der Waals surface area contributed by atoms with E-state index in [1.54, 1.807) is 30.6 Å². The molecule has 8 nitrogen and oxygen atoms in total. The highest BCUT2D eigenvalue weighted by Crippen LogP contribution is 2.33. The summed E-state index contributed by atoms with van der Waals surface area (Å²) in [4.78, 5) is 16.6. The van der Waals surface area contributed by atoms with Crippen molar-refractivity contribution < 1.29 is 14.3 Å². The van der Waals surface area contributed by atoms with Crippen LogP contribution in [0.2, 0.25) is 0 Å². The molecule has 0 fully saturated rings. The second-order valence-electron chi connectivity index (χ2n) is 6.21. The maximum absolute atomic E-state index is 12.6. The van der Waals surface area contributed by atoms with Gasteiger partial charge in [0.2, 0.25) is 5.91 Å². The molecule has 28 heavy (non-hydrogen) atoms. The van der Waals surface area contributed by atoms with Crippen molar-refractivity contribution >= 4 is 23.4 Å². The molecule has 0 saturated heterocycles. The zero-order valence-corrected chi connectivity index (χ0v) is 16.3. The van der Waals surface area contributed by atoms with Gasteiger partial charge in [0.15, 0.2) is 22.5 Å². The topological polar surface area (TPSA) is 91.2 Å². The molecule has 3 aromatic rings. The fourth-order valence-corrected chi connectivity index (χ4v) is 3.56. The molecule has 0 unspecified atom stereocenters. The van der Waals surface area contributed by atoms with Crippen molar-refractivity contribution in [1.82, 2.24) is 19.7 Å². The van der Waals surface area contributed by atoms with Gasteiger partial charge in [-0.3, -0.25) is 9.78 Å². The summed E-state index contributed by atoms with van der Waals surface area (Å²) in [5, 5.41) is 11.7. The lowest BCUT2D eigenvalue weighted by atomic mass is 10.2. The monoisotopic (exact) mass is 397 g/mol. The third kappa shape index (κ3) is 3.79. The number of amides is 1. The highest BCUT2D eigenvalue weighted by atomic mass is 32.2. The molecule has 1 N–H and O–H groups in total. The van der Waals surface area contributed by atoms with Gasteiger partial charge in [0.25, 0.3) is 0 Å². The summed E-state index contributed by atoms with van der Waals surface area (Å²) in [5.74, 6) is 1.92. The van der Waals surface area contributed by atoms with Gasteiger partial charge in [-0.2, -0.15) is 0 Å². The lowest BCUT2D eigenvalue weighted by Gasteiger charge is -2.19. The van der Waals surface area contributed by atoms with Crippen LogP contribution in [-0.4, -0.2) is 44.1 Å². The van der Waals surface area contributed by atoms with E-state index in [2.05, 4.69) is 20.5 Å². The molecular formula is C19H19N5O3S. The zero-order valence-electron chi connectivity index (χ0n) is 15.5. The third-order valence-corrected chi connectivity index (χ3v) is 5.37. The standard InChI is InChI=1S/C19H19N5O3S/c1-12(18(25)21-14-3-4-15-16(11-14)27-10-9-26-15)28-19-23-22-17(24(19)2)13-5-7-20-8-6-13/h3-8,11-12H,9-10H2,1-2H3,(H,21,25)/t12-/m1/s1. The van der Waals surface area contributed by atoms with Crippen LogP contribution < -0.4 is 14.8 Å². The van der Waals surface area contributed by atoms with E-state index in [1.165, 1.54) is 11.8 Å². The Hall–Kier alpha value is -3.07. The van der Waals surface area contributed by atoms with Crippen molar-refractivity contribution in [3.8, 4) is 22.9 Å². The summed E-state index contributed by atoms with van der Waals surface area (Å²) < 4.78 is 12.9. The van der Waals surface area contributed by atoms with Crippen molar-refractivity contribution in [3.05, 3.63) is 42.7 Å². The van der Waals surface area contributed by atoms with E-state index in [0.717, 1.165) is 11.4 Å². The van der Waals surface area contributed by atoms with Crippen LogP contribution in [-0.2, 0) is 11.8 Å². The molecule has 144 valence electrons. The Morgan fingerprint density at radius 3 is 2.68 bits per heavy atom. The van der Waals surface area contributed by atoms with Crippen LogP contribution in [0.1, 0.15) is 6.92 Å². The molecule has 0 saturated carbocycles. The number of nitrogens with zero attached hydrogens (tertiary/aromatic N) is 4. The average Bonchev–Trinajstić information content (AvgIpc) is 3.08. The van der Waals surface area contributed by atoms with Gasteiger partial charge in [-0.25, -0.2) is 0 Å². The van der Waals surface area contributed by atoms with Gasteiger partial charge in [-0.05, 0) is 31.2 Å². The number of fused-ring (bicyclic) bond motifs is 1.